The average molecular weight is 491 g/mol. The molecule has 2 aromatic heterocycles. The number of ether oxygens (including phenoxy) is 3. The molecule has 2 aromatic carbocycles. The molecule has 10 heteroatoms. The molecular weight excluding hydrogens is 460 g/mol. The largest absolute Gasteiger partial charge is 0.493 e. The molecule has 188 valence electrons. The Morgan fingerprint density at radius 2 is 1.72 bits per heavy atom. The van der Waals surface area contributed by atoms with Gasteiger partial charge in [0, 0.05) is 12.1 Å². The molecule has 0 radical (unpaired) electrons. The van der Waals surface area contributed by atoms with E-state index in [9.17, 15) is 4.79 Å². The second-order valence-electron chi connectivity index (χ2n) is 8.60. The van der Waals surface area contributed by atoms with E-state index in [0.29, 0.717) is 57.5 Å². The van der Waals surface area contributed by atoms with Crippen LogP contribution < -0.4 is 25.3 Å². The number of carbonyl (C=O) groups excluding carboxylic acids is 1. The Bertz CT molecular complexity index is 1420. The summed E-state index contributed by atoms with van der Waals surface area (Å²) in [6.07, 6.45) is 2.43. The van der Waals surface area contributed by atoms with Crippen LogP contribution in [-0.2, 0) is 0 Å². The molecule has 0 bridgehead atoms. The molecule has 0 saturated carbocycles. The summed E-state index contributed by atoms with van der Waals surface area (Å²) in [5.74, 6) is 1.73. The number of para-hydroxylation sites is 2. The minimum Gasteiger partial charge on any atom is -0.493 e. The van der Waals surface area contributed by atoms with Crippen LogP contribution in [0.25, 0.3) is 22.2 Å². The van der Waals surface area contributed by atoms with Crippen LogP contribution in [0.5, 0.6) is 17.2 Å². The number of nitrogens with one attached hydrogen (secondary N) is 1. The molecule has 1 amide bonds. The molecule has 0 aliphatic rings. The Morgan fingerprint density at radius 3 is 2.31 bits per heavy atom. The summed E-state index contributed by atoms with van der Waals surface area (Å²) in [6.45, 7) is 4.72. The van der Waals surface area contributed by atoms with Crippen molar-refractivity contribution in [1.29, 1.82) is 0 Å². The number of nitrogen functional groups attached to an aromatic ring is 1. The standard InChI is InChI=1S/C26H30N6O4/c1-15(2)10-11-28-26(33)21-22-25(31-18-9-7-6-8-17(18)30-22)32(24(21)27)29-14-16-12-19(34-3)23(36-5)20(13-16)35-4/h6-9,12-15H,10-11,27H2,1-5H3,(H,28,33)/b29-14-. The molecule has 4 rings (SSSR count). The van der Waals surface area contributed by atoms with E-state index in [1.165, 1.54) is 11.8 Å². The second kappa shape index (κ2) is 10.5. The number of hydrogen-bond acceptors (Lipinski definition) is 8. The molecule has 10 nitrogen and oxygen atoms in total. The monoisotopic (exact) mass is 490 g/mol. The lowest BCUT2D eigenvalue weighted by Gasteiger charge is -2.12. The first-order valence-electron chi connectivity index (χ1n) is 11.6. The molecule has 0 fully saturated rings. The smallest absolute Gasteiger partial charge is 0.257 e. The molecule has 3 N–H and O–H groups in total. The minimum atomic E-state index is -0.315. The zero-order valence-electron chi connectivity index (χ0n) is 21.0. The Kier molecular flexibility index (Phi) is 7.23. The molecule has 0 aliphatic carbocycles. The predicted molar refractivity (Wildman–Crippen MR) is 140 cm³/mol. The maximum Gasteiger partial charge on any atom is 0.257 e. The fraction of sp³-hybridized carbons (Fsp3) is 0.308. The van der Waals surface area contributed by atoms with Crippen LogP contribution in [0, 0.1) is 5.92 Å². The fourth-order valence-electron chi connectivity index (χ4n) is 3.85. The maximum atomic E-state index is 13.2. The van der Waals surface area contributed by atoms with E-state index in [2.05, 4.69) is 24.3 Å². The van der Waals surface area contributed by atoms with E-state index < -0.39 is 0 Å². The van der Waals surface area contributed by atoms with Crippen molar-refractivity contribution >= 4 is 40.1 Å². The van der Waals surface area contributed by atoms with Gasteiger partial charge in [-0.15, -0.1) is 0 Å². The number of rotatable bonds is 9. The molecule has 36 heavy (non-hydrogen) atoms. The lowest BCUT2D eigenvalue weighted by molar-refractivity contribution is 0.0954. The van der Waals surface area contributed by atoms with Gasteiger partial charge >= 0.3 is 0 Å². The Hall–Kier alpha value is -4.34. The van der Waals surface area contributed by atoms with E-state index in [4.69, 9.17) is 29.9 Å². The first kappa shape index (κ1) is 24.8. The number of aromatic nitrogens is 3. The molecule has 2 heterocycles. The summed E-state index contributed by atoms with van der Waals surface area (Å²) in [5, 5.41) is 7.50. The van der Waals surface area contributed by atoms with E-state index in [-0.39, 0.29) is 17.3 Å². The normalized spacial score (nSPS) is 11.5. The third-order valence-corrected chi connectivity index (χ3v) is 5.72. The van der Waals surface area contributed by atoms with Gasteiger partial charge in [-0.1, -0.05) is 26.0 Å². The van der Waals surface area contributed by atoms with E-state index in [1.54, 1.807) is 32.6 Å². The topological polar surface area (TPSA) is 126 Å². The van der Waals surface area contributed by atoms with Crippen molar-refractivity contribution in [3.05, 3.63) is 47.5 Å². The van der Waals surface area contributed by atoms with Crippen LogP contribution in [0.15, 0.2) is 41.5 Å². The van der Waals surface area contributed by atoms with Gasteiger partial charge in [0.15, 0.2) is 17.1 Å². The number of carbonyl (C=O) groups is 1. The van der Waals surface area contributed by atoms with Gasteiger partial charge in [-0.25, -0.2) is 9.97 Å². The number of nitrogens with zero attached hydrogens (tertiary/aromatic N) is 4. The number of anilines is 1. The Labute approximate surface area is 209 Å². The first-order chi connectivity index (χ1) is 17.4. The third-order valence-electron chi connectivity index (χ3n) is 5.72. The van der Waals surface area contributed by atoms with Gasteiger partial charge in [0.25, 0.3) is 5.91 Å². The van der Waals surface area contributed by atoms with Crippen LogP contribution in [0.4, 0.5) is 5.82 Å². The van der Waals surface area contributed by atoms with E-state index in [0.717, 1.165) is 6.42 Å². The summed E-state index contributed by atoms with van der Waals surface area (Å²) in [7, 11) is 4.62. The average Bonchev–Trinajstić information content (AvgIpc) is 3.14. The zero-order valence-corrected chi connectivity index (χ0v) is 21.0. The molecule has 0 atom stereocenters. The van der Waals surface area contributed by atoms with Gasteiger partial charge in [0.1, 0.15) is 16.9 Å². The summed E-state index contributed by atoms with van der Waals surface area (Å²) in [4.78, 5) is 22.6. The van der Waals surface area contributed by atoms with Crippen LogP contribution in [0.3, 0.4) is 0 Å². The van der Waals surface area contributed by atoms with Gasteiger partial charge in [0.2, 0.25) is 5.75 Å². The summed E-state index contributed by atoms with van der Waals surface area (Å²) < 4.78 is 17.7. The fourth-order valence-corrected chi connectivity index (χ4v) is 3.85. The summed E-state index contributed by atoms with van der Waals surface area (Å²) in [6, 6.07) is 10.9. The lowest BCUT2D eigenvalue weighted by Crippen LogP contribution is -2.26. The van der Waals surface area contributed by atoms with Gasteiger partial charge in [-0.05, 0) is 36.6 Å². The van der Waals surface area contributed by atoms with Crippen molar-refractivity contribution in [2.75, 3.05) is 33.6 Å². The second-order valence-corrected chi connectivity index (χ2v) is 8.60. The van der Waals surface area contributed by atoms with Gasteiger partial charge < -0.3 is 25.3 Å². The molecular formula is C26H30N6O4. The number of nitrogens with two attached hydrogens (primary N) is 1. The van der Waals surface area contributed by atoms with Gasteiger partial charge in [-0.3, -0.25) is 4.79 Å². The minimum absolute atomic E-state index is 0.144. The Morgan fingerprint density at radius 1 is 1.08 bits per heavy atom. The van der Waals surface area contributed by atoms with Crippen molar-refractivity contribution in [1.82, 2.24) is 20.0 Å². The predicted octanol–water partition coefficient (Wildman–Crippen LogP) is 3.85. The highest BCUT2D eigenvalue weighted by molar-refractivity contribution is 6.10. The maximum absolute atomic E-state index is 13.2. The molecule has 4 aromatic rings. The lowest BCUT2D eigenvalue weighted by atomic mass is 10.1. The summed E-state index contributed by atoms with van der Waals surface area (Å²) in [5.41, 5.74) is 9.47. The SMILES string of the molecule is COc1cc(/C=N\n2c(N)c(C(=O)NCCC(C)C)c3nc4ccccc4nc32)cc(OC)c1OC. The highest BCUT2D eigenvalue weighted by Gasteiger charge is 2.24. The van der Waals surface area contributed by atoms with Crippen molar-refractivity contribution in [2.45, 2.75) is 20.3 Å². The molecule has 0 unspecified atom stereocenters. The molecule has 0 saturated heterocycles. The van der Waals surface area contributed by atoms with Crippen LogP contribution in [-0.4, -0.2) is 54.6 Å². The van der Waals surface area contributed by atoms with Crippen LogP contribution in [0.1, 0.15) is 36.2 Å². The highest BCUT2D eigenvalue weighted by Crippen LogP contribution is 2.38. The quantitative estimate of drug-likeness (QED) is 0.341. The van der Waals surface area contributed by atoms with Gasteiger partial charge in [-0.2, -0.15) is 9.78 Å². The molecule has 0 aliphatic heterocycles. The van der Waals surface area contributed by atoms with E-state index >= 15 is 0 Å². The highest BCUT2D eigenvalue weighted by atomic mass is 16.5. The number of amides is 1. The van der Waals surface area contributed by atoms with Crippen molar-refractivity contribution in [3.63, 3.8) is 0 Å². The van der Waals surface area contributed by atoms with Crippen LogP contribution in [0.2, 0.25) is 0 Å². The molecule has 0 spiro atoms. The number of methoxy groups -OCH3 is 3. The van der Waals surface area contributed by atoms with Crippen LogP contribution >= 0.6 is 0 Å². The van der Waals surface area contributed by atoms with E-state index in [1.807, 2.05) is 24.3 Å². The van der Waals surface area contributed by atoms with Crippen molar-refractivity contribution in [3.8, 4) is 17.2 Å². The van der Waals surface area contributed by atoms with Crippen molar-refractivity contribution < 1.29 is 19.0 Å². The van der Waals surface area contributed by atoms with Gasteiger partial charge in [0.05, 0.1) is 38.6 Å². The zero-order chi connectivity index (χ0) is 25.8. The third kappa shape index (κ3) is 4.74. The Balaban J connectivity index is 1.83. The first-order valence-corrected chi connectivity index (χ1v) is 11.6. The number of hydrogen-bond donors (Lipinski definition) is 2. The number of fused-ring (bicyclic) bond motifs is 2. The summed E-state index contributed by atoms with van der Waals surface area (Å²) >= 11 is 0. The number of benzene rings is 2. The van der Waals surface area contributed by atoms with Crippen molar-refractivity contribution in [2.24, 2.45) is 11.0 Å².